The molecular formula is C24H26F3NO4. The van der Waals surface area contributed by atoms with E-state index in [9.17, 15) is 18.0 Å². The van der Waals surface area contributed by atoms with Gasteiger partial charge in [0.25, 0.3) is 0 Å². The topological polar surface area (TPSA) is 56.8 Å². The normalized spacial score (nSPS) is 17.8. The summed E-state index contributed by atoms with van der Waals surface area (Å²) in [7, 11) is 0. The molecule has 2 aromatic carbocycles. The van der Waals surface area contributed by atoms with E-state index in [1.807, 2.05) is 32.0 Å². The number of fused-ring (bicyclic) bond motifs is 1. The van der Waals surface area contributed by atoms with Crippen LogP contribution in [0.15, 0.2) is 42.5 Å². The van der Waals surface area contributed by atoms with Crippen molar-refractivity contribution in [2.45, 2.75) is 43.7 Å². The van der Waals surface area contributed by atoms with E-state index in [4.69, 9.17) is 14.2 Å². The van der Waals surface area contributed by atoms with Crippen LogP contribution < -0.4 is 14.8 Å². The molecule has 2 heterocycles. The van der Waals surface area contributed by atoms with Gasteiger partial charge < -0.3 is 19.5 Å². The first-order valence-electron chi connectivity index (χ1n) is 10.6. The summed E-state index contributed by atoms with van der Waals surface area (Å²) >= 11 is 0. The first kappa shape index (κ1) is 22.5. The number of hydrogen-bond donors (Lipinski definition) is 1. The van der Waals surface area contributed by atoms with Crippen LogP contribution in [0.3, 0.4) is 0 Å². The Morgan fingerprint density at radius 3 is 2.44 bits per heavy atom. The molecule has 2 aliphatic heterocycles. The highest BCUT2D eigenvalue weighted by Gasteiger charge is 2.43. The molecule has 0 radical (unpaired) electrons. The monoisotopic (exact) mass is 449 g/mol. The van der Waals surface area contributed by atoms with Gasteiger partial charge in [0, 0.05) is 25.2 Å². The minimum Gasteiger partial charge on any atom is -0.454 e. The van der Waals surface area contributed by atoms with Crippen LogP contribution in [0.2, 0.25) is 0 Å². The molecule has 0 saturated carbocycles. The molecule has 0 bridgehead atoms. The molecule has 0 unspecified atom stereocenters. The first-order valence-corrected chi connectivity index (χ1v) is 10.6. The molecular weight excluding hydrogens is 423 g/mol. The van der Waals surface area contributed by atoms with Crippen molar-refractivity contribution in [1.29, 1.82) is 0 Å². The smallest absolute Gasteiger partial charge is 0.416 e. The fourth-order valence-corrected chi connectivity index (χ4v) is 4.25. The fraction of sp³-hybridized carbons (Fsp3) is 0.458. The summed E-state index contributed by atoms with van der Waals surface area (Å²) < 4.78 is 56.1. The second-order valence-corrected chi connectivity index (χ2v) is 8.91. The average molecular weight is 449 g/mol. The Bertz CT molecular complexity index is 997. The Kier molecular flexibility index (Phi) is 5.83. The zero-order chi connectivity index (χ0) is 23.0. The Morgan fingerprint density at radius 2 is 1.72 bits per heavy atom. The fourth-order valence-electron chi connectivity index (χ4n) is 4.25. The molecule has 8 heteroatoms. The summed E-state index contributed by atoms with van der Waals surface area (Å²) in [6.45, 7) is 5.10. The van der Waals surface area contributed by atoms with Gasteiger partial charge in [-0.3, -0.25) is 4.79 Å². The van der Waals surface area contributed by atoms with Gasteiger partial charge in [-0.1, -0.05) is 38.1 Å². The maximum absolute atomic E-state index is 13.5. The summed E-state index contributed by atoms with van der Waals surface area (Å²) in [6.07, 6.45) is -3.82. The van der Waals surface area contributed by atoms with Gasteiger partial charge in [0.1, 0.15) is 0 Å². The number of rotatable bonds is 5. The zero-order valence-electron chi connectivity index (χ0n) is 18.1. The Hall–Kier alpha value is -2.74. The largest absolute Gasteiger partial charge is 0.454 e. The van der Waals surface area contributed by atoms with Crippen molar-refractivity contribution in [3.05, 3.63) is 59.2 Å². The van der Waals surface area contributed by atoms with Crippen molar-refractivity contribution in [1.82, 2.24) is 5.32 Å². The number of ether oxygens (including phenoxy) is 3. The van der Waals surface area contributed by atoms with E-state index >= 15 is 0 Å². The van der Waals surface area contributed by atoms with Gasteiger partial charge in [0.05, 0.1) is 11.0 Å². The third-order valence-electron chi connectivity index (χ3n) is 6.37. The third kappa shape index (κ3) is 4.28. The lowest BCUT2D eigenvalue weighted by Crippen LogP contribution is -2.50. The summed E-state index contributed by atoms with van der Waals surface area (Å²) in [5, 5.41) is 3.01. The second kappa shape index (κ2) is 8.31. The number of amides is 1. The number of alkyl halides is 3. The first-order chi connectivity index (χ1) is 15.1. The third-order valence-corrected chi connectivity index (χ3v) is 6.37. The average Bonchev–Trinajstić information content (AvgIpc) is 3.25. The quantitative estimate of drug-likeness (QED) is 0.726. The van der Waals surface area contributed by atoms with Crippen molar-refractivity contribution in [3.63, 3.8) is 0 Å². The lowest BCUT2D eigenvalue weighted by Gasteiger charge is -2.37. The maximum atomic E-state index is 13.5. The predicted octanol–water partition coefficient (Wildman–Crippen LogP) is 4.58. The van der Waals surface area contributed by atoms with E-state index in [1.54, 1.807) is 6.07 Å². The van der Waals surface area contributed by atoms with Gasteiger partial charge in [-0.2, -0.15) is 13.2 Å². The number of hydrogen-bond acceptors (Lipinski definition) is 4. The van der Waals surface area contributed by atoms with Gasteiger partial charge in [0.2, 0.25) is 12.7 Å². The number of benzene rings is 2. The van der Waals surface area contributed by atoms with Crippen LogP contribution in [0.1, 0.15) is 43.4 Å². The van der Waals surface area contributed by atoms with Gasteiger partial charge in [0.15, 0.2) is 11.5 Å². The van der Waals surface area contributed by atoms with E-state index in [0.717, 1.165) is 17.7 Å². The van der Waals surface area contributed by atoms with Crippen molar-refractivity contribution in [2.24, 2.45) is 0 Å². The minimum absolute atomic E-state index is 0.178. The second-order valence-electron chi connectivity index (χ2n) is 8.91. The number of carbonyl (C=O) groups excluding carboxylic acids is 1. The lowest BCUT2D eigenvalue weighted by molar-refractivity contribution is -0.138. The molecule has 0 atom stereocenters. The molecule has 32 heavy (non-hydrogen) atoms. The van der Waals surface area contributed by atoms with E-state index in [2.05, 4.69) is 5.32 Å². The summed E-state index contributed by atoms with van der Waals surface area (Å²) in [5.41, 5.74) is -0.924. The summed E-state index contributed by atoms with van der Waals surface area (Å²) in [6, 6.07) is 10.7. The van der Waals surface area contributed by atoms with Crippen LogP contribution in [0.5, 0.6) is 11.5 Å². The van der Waals surface area contributed by atoms with Gasteiger partial charge >= 0.3 is 6.18 Å². The summed E-state index contributed by atoms with van der Waals surface area (Å²) in [4.78, 5) is 13.5. The highest BCUT2D eigenvalue weighted by atomic mass is 19.4. The van der Waals surface area contributed by atoms with Crippen molar-refractivity contribution in [2.75, 3.05) is 26.6 Å². The van der Waals surface area contributed by atoms with E-state index in [-0.39, 0.29) is 12.7 Å². The van der Waals surface area contributed by atoms with Crippen molar-refractivity contribution < 1.29 is 32.2 Å². The maximum Gasteiger partial charge on any atom is 0.416 e. The van der Waals surface area contributed by atoms with Crippen LogP contribution in [-0.2, 0) is 26.5 Å². The Balaban J connectivity index is 1.56. The van der Waals surface area contributed by atoms with Gasteiger partial charge in [-0.25, -0.2) is 0 Å². The van der Waals surface area contributed by atoms with Gasteiger partial charge in [-0.15, -0.1) is 0 Å². The predicted molar refractivity (Wildman–Crippen MR) is 112 cm³/mol. The van der Waals surface area contributed by atoms with E-state index < -0.39 is 22.6 Å². The number of carbonyl (C=O) groups is 1. The van der Waals surface area contributed by atoms with E-state index in [1.165, 1.54) is 6.07 Å². The molecule has 0 aliphatic carbocycles. The molecule has 1 saturated heterocycles. The molecule has 5 nitrogen and oxygen atoms in total. The zero-order valence-corrected chi connectivity index (χ0v) is 18.1. The minimum atomic E-state index is -4.47. The summed E-state index contributed by atoms with van der Waals surface area (Å²) in [5.74, 6) is 1.06. The van der Waals surface area contributed by atoms with Crippen LogP contribution in [0, 0.1) is 0 Å². The molecule has 0 spiro atoms. The molecule has 4 rings (SSSR count). The van der Waals surface area contributed by atoms with Crippen LogP contribution in [0.25, 0.3) is 0 Å². The molecule has 172 valence electrons. The molecule has 2 aromatic rings. The molecule has 0 aromatic heterocycles. The van der Waals surface area contributed by atoms with Crippen molar-refractivity contribution >= 4 is 5.91 Å². The van der Waals surface area contributed by atoms with Crippen LogP contribution in [-0.4, -0.2) is 32.5 Å². The Morgan fingerprint density at radius 1 is 1.00 bits per heavy atom. The highest BCUT2D eigenvalue weighted by molar-refractivity contribution is 5.88. The van der Waals surface area contributed by atoms with Crippen molar-refractivity contribution in [3.8, 4) is 11.5 Å². The van der Waals surface area contributed by atoms with Gasteiger partial charge in [-0.05, 0) is 42.2 Å². The Labute approximate surface area is 184 Å². The highest BCUT2D eigenvalue weighted by Crippen LogP contribution is 2.39. The standard InChI is InChI=1S/C24H26F3NO4/c1-22(2,16-6-7-19-20(13-16)32-15-31-19)14-28-21(29)23(8-10-30-11-9-23)17-4-3-5-18(12-17)24(25,26)27/h3-7,12-13H,8-11,14-15H2,1-2H3,(H,28,29). The lowest BCUT2D eigenvalue weighted by atomic mass is 9.72. The molecule has 2 aliphatic rings. The SMILES string of the molecule is CC(C)(CNC(=O)C1(c2cccc(C(F)(F)F)c2)CCOCC1)c1ccc2c(c1)OCO2. The van der Waals surface area contributed by atoms with Crippen LogP contribution in [0.4, 0.5) is 13.2 Å². The van der Waals surface area contributed by atoms with Crippen LogP contribution >= 0.6 is 0 Å². The molecule has 1 fully saturated rings. The molecule has 1 N–H and O–H groups in total. The number of halogens is 3. The molecule has 1 amide bonds. The van der Waals surface area contributed by atoms with E-state index in [0.29, 0.717) is 49.7 Å². The number of nitrogens with one attached hydrogen (secondary N) is 1.